The Hall–Kier alpha value is -4.42. The Morgan fingerprint density at radius 2 is 1.74 bits per heavy atom. The van der Waals surface area contributed by atoms with Crippen molar-refractivity contribution in [2.75, 3.05) is 0 Å². The highest BCUT2D eigenvalue weighted by molar-refractivity contribution is 6.30. The lowest BCUT2D eigenvalue weighted by molar-refractivity contribution is 0.0697. The van der Waals surface area contributed by atoms with E-state index in [0.29, 0.717) is 22.7 Å². The SMILES string of the molecule is Cc1c(C)n(Cc2ccc(-c3ccccc3C(=O)O)cc2)c2ccc(C(=O)N[C@@H](C)c3cncc(Cl)c3)cc12. The van der Waals surface area contributed by atoms with Gasteiger partial charge in [0.2, 0.25) is 0 Å². The van der Waals surface area contributed by atoms with Crippen molar-refractivity contribution in [3.8, 4) is 11.1 Å². The monoisotopic (exact) mass is 537 g/mol. The number of halogens is 1. The van der Waals surface area contributed by atoms with Gasteiger partial charge in [-0.1, -0.05) is 54.1 Å². The molecular weight excluding hydrogens is 510 g/mol. The molecule has 2 aromatic heterocycles. The molecule has 1 amide bonds. The van der Waals surface area contributed by atoms with Gasteiger partial charge in [-0.3, -0.25) is 9.78 Å². The maximum absolute atomic E-state index is 13.1. The van der Waals surface area contributed by atoms with Crippen LogP contribution in [0.25, 0.3) is 22.0 Å². The van der Waals surface area contributed by atoms with Crippen molar-refractivity contribution in [3.05, 3.63) is 124 Å². The van der Waals surface area contributed by atoms with Gasteiger partial charge in [0, 0.05) is 41.1 Å². The van der Waals surface area contributed by atoms with Gasteiger partial charge in [0.25, 0.3) is 5.91 Å². The van der Waals surface area contributed by atoms with E-state index in [1.165, 1.54) is 0 Å². The number of aromatic carboxylic acids is 1. The third-order valence-corrected chi connectivity index (χ3v) is 7.44. The fraction of sp³-hybridized carbons (Fsp3) is 0.156. The van der Waals surface area contributed by atoms with E-state index in [4.69, 9.17) is 11.6 Å². The minimum absolute atomic E-state index is 0.161. The van der Waals surface area contributed by atoms with Gasteiger partial charge in [0.15, 0.2) is 0 Å². The minimum Gasteiger partial charge on any atom is -0.478 e. The zero-order chi connectivity index (χ0) is 27.7. The molecule has 3 aromatic carbocycles. The third kappa shape index (κ3) is 5.29. The molecule has 0 aliphatic rings. The van der Waals surface area contributed by atoms with Gasteiger partial charge >= 0.3 is 5.97 Å². The van der Waals surface area contributed by atoms with Crippen LogP contribution in [0.5, 0.6) is 0 Å². The average Bonchev–Trinajstić information content (AvgIpc) is 3.17. The van der Waals surface area contributed by atoms with Crippen LogP contribution in [-0.4, -0.2) is 26.5 Å². The van der Waals surface area contributed by atoms with Crippen molar-refractivity contribution in [1.82, 2.24) is 14.9 Å². The van der Waals surface area contributed by atoms with Crippen LogP contribution in [0.1, 0.15) is 56.1 Å². The van der Waals surface area contributed by atoms with Crippen LogP contribution in [0.2, 0.25) is 5.02 Å². The second-order valence-corrected chi connectivity index (χ2v) is 10.1. The molecule has 5 aromatic rings. The number of amides is 1. The number of carbonyl (C=O) groups is 2. The first kappa shape index (κ1) is 26.2. The molecule has 6 nitrogen and oxygen atoms in total. The normalized spacial score (nSPS) is 11.9. The Morgan fingerprint density at radius 1 is 1.00 bits per heavy atom. The summed E-state index contributed by atoms with van der Waals surface area (Å²) in [6.07, 6.45) is 3.27. The van der Waals surface area contributed by atoms with Crippen LogP contribution in [0.4, 0.5) is 0 Å². The summed E-state index contributed by atoms with van der Waals surface area (Å²) >= 11 is 6.05. The number of hydrogen-bond acceptors (Lipinski definition) is 3. The number of benzene rings is 3. The summed E-state index contributed by atoms with van der Waals surface area (Å²) in [6.45, 7) is 6.71. The van der Waals surface area contributed by atoms with Gasteiger partial charge < -0.3 is 15.0 Å². The molecule has 0 aliphatic carbocycles. The summed E-state index contributed by atoms with van der Waals surface area (Å²) in [4.78, 5) is 28.8. The predicted octanol–water partition coefficient (Wildman–Crippen LogP) is 7.21. The smallest absolute Gasteiger partial charge is 0.336 e. The van der Waals surface area contributed by atoms with Gasteiger partial charge in [-0.25, -0.2) is 4.79 Å². The second-order valence-electron chi connectivity index (χ2n) is 9.71. The molecule has 196 valence electrons. The van der Waals surface area contributed by atoms with E-state index in [9.17, 15) is 14.7 Å². The highest BCUT2D eigenvalue weighted by atomic mass is 35.5. The van der Waals surface area contributed by atoms with E-state index in [1.54, 1.807) is 30.6 Å². The van der Waals surface area contributed by atoms with Crippen molar-refractivity contribution in [1.29, 1.82) is 0 Å². The molecule has 0 fully saturated rings. The quantitative estimate of drug-likeness (QED) is 0.230. The standard InChI is InChI=1S/C32H28ClN3O3/c1-19-21(3)36(18-22-8-10-23(11-9-22)27-6-4-5-7-28(27)32(38)39)30-13-12-24(15-29(19)30)31(37)35-20(2)25-14-26(33)17-34-16-25/h4-17,20H,18H2,1-3H3,(H,35,37)(H,38,39)/t20-/m0/s1. The molecule has 0 spiro atoms. The summed E-state index contributed by atoms with van der Waals surface area (Å²) in [5.74, 6) is -1.10. The number of hydrogen-bond donors (Lipinski definition) is 2. The molecule has 2 N–H and O–H groups in total. The number of nitrogens with zero attached hydrogens (tertiary/aromatic N) is 2. The molecule has 0 saturated carbocycles. The van der Waals surface area contributed by atoms with Crippen molar-refractivity contribution < 1.29 is 14.7 Å². The first-order valence-corrected chi connectivity index (χ1v) is 13.0. The third-order valence-electron chi connectivity index (χ3n) is 7.24. The number of carbonyl (C=O) groups excluding carboxylic acids is 1. The van der Waals surface area contributed by atoms with E-state index in [1.807, 2.05) is 61.5 Å². The Bertz CT molecular complexity index is 1710. The highest BCUT2D eigenvalue weighted by Gasteiger charge is 2.17. The largest absolute Gasteiger partial charge is 0.478 e. The minimum atomic E-state index is -0.941. The lowest BCUT2D eigenvalue weighted by atomic mass is 9.99. The lowest BCUT2D eigenvalue weighted by Gasteiger charge is -2.14. The van der Waals surface area contributed by atoms with Crippen LogP contribution in [0.15, 0.2) is 85.2 Å². The molecule has 2 heterocycles. The zero-order valence-electron chi connectivity index (χ0n) is 21.9. The van der Waals surface area contributed by atoms with Crippen LogP contribution in [-0.2, 0) is 6.54 Å². The maximum atomic E-state index is 13.1. The number of pyridine rings is 1. The summed E-state index contributed by atoms with van der Waals surface area (Å²) in [6, 6.07) is 22.4. The van der Waals surface area contributed by atoms with Gasteiger partial charge in [-0.2, -0.15) is 0 Å². The molecule has 0 bridgehead atoms. The average molecular weight is 538 g/mol. The first-order chi connectivity index (χ1) is 18.7. The fourth-order valence-electron chi connectivity index (χ4n) is 4.92. The van der Waals surface area contributed by atoms with Crippen molar-refractivity contribution in [2.45, 2.75) is 33.4 Å². The van der Waals surface area contributed by atoms with E-state index in [0.717, 1.165) is 38.9 Å². The van der Waals surface area contributed by atoms with Crippen LogP contribution >= 0.6 is 11.6 Å². The molecular formula is C32H28ClN3O3. The summed E-state index contributed by atoms with van der Waals surface area (Å²) in [7, 11) is 0. The van der Waals surface area contributed by atoms with E-state index in [2.05, 4.69) is 28.7 Å². The molecule has 7 heteroatoms. The fourth-order valence-corrected chi connectivity index (χ4v) is 5.10. The molecule has 0 aliphatic heterocycles. The summed E-state index contributed by atoms with van der Waals surface area (Å²) < 4.78 is 2.24. The van der Waals surface area contributed by atoms with Crippen molar-refractivity contribution in [2.24, 2.45) is 0 Å². The van der Waals surface area contributed by atoms with Gasteiger partial charge in [-0.15, -0.1) is 0 Å². The molecule has 0 radical (unpaired) electrons. The Kier molecular flexibility index (Phi) is 7.22. The Morgan fingerprint density at radius 3 is 2.46 bits per heavy atom. The number of aryl methyl sites for hydroxylation is 1. The van der Waals surface area contributed by atoms with Crippen LogP contribution < -0.4 is 5.32 Å². The second kappa shape index (κ2) is 10.8. The zero-order valence-corrected chi connectivity index (χ0v) is 22.7. The molecule has 0 unspecified atom stereocenters. The van der Waals surface area contributed by atoms with Gasteiger partial charge in [-0.05, 0) is 78.9 Å². The van der Waals surface area contributed by atoms with Crippen LogP contribution in [0.3, 0.4) is 0 Å². The molecule has 5 rings (SSSR count). The molecule has 39 heavy (non-hydrogen) atoms. The van der Waals surface area contributed by atoms with E-state index in [-0.39, 0.29) is 17.5 Å². The number of carboxylic acids is 1. The first-order valence-electron chi connectivity index (χ1n) is 12.7. The lowest BCUT2D eigenvalue weighted by Crippen LogP contribution is -2.26. The van der Waals surface area contributed by atoms with E-state index >= 15 is 0 Å². The number of rotatable bonds is 7. The number of fused-ring (bicyclic) bond motifs is 1. The van der Waals surface area contributed by atoms with E-state index < -0.39 is 5.97 Å². The Balaban J connectivity index is 1.39. The predicted molar refractivity (Wildman–Crippen MR) is 154 cm³/mol. The Labute approximate surface area is 231 Å². The topological polar surface area (TPSA) is 84.2 Å². The maximum Gasteiger partial charge on any atom is 0.336 e. The van der Waals surface area contributed by atoms with Crippen molar-refractivity contribution >= 4 is 34.4 Å². The van der Waals surface area contributed by atoms with Gasteiger partial charge in [0.1, 0.15) is 0 Å². The number of nitrogens with one attached hydrogen (secondary N) is 1. The van der Waals surface area contributed by atoms with Crippen LogP contribution in [0, 0.1) is 13.8 Å². The number of carboxylic acid groups (broad SMARTS) is 1. The summed E-state index contributed by atoms with van der Waals surface area (Å²) in [5.41, 5.74) is 7.67. The summed E-state index contributed by atoms with van der Waals surface area (Å²) in [5, 5.41) is 14.1. The molecule has 0 saturated heterocycles. The van der Waals surface area contributed by atoms with Crippen molar-refractivity contribution in [3.63, 3.8) is 0 Å². The van der Waals surface area contributed by atoms with Gasteiger partial charge in [0.05, 0.1) is 16.6 Å². The highest BCUT2D eigenvalue weighted by Crippen LogP contribution is 2.29. The number of aromatic nitrogens is 2. The molecule has 1 atom stereocenters.